The van der Waals surface area contributed by atoms with Gasteiger partial charge in [0.25, 0.3) is 0 Å². The summed E-state index contributed by atoms with van der Waals surface area (Å²) in [5, 5.41) is 10.9. The zero-order chi connectivity index (χ0) is 15.2. The van der Waals surface area contributed by atoms with E-state index in [-0.39, 0.29) is 12.8 Å². The number of thiazole rings is 1. The third-order valence-electron chi connectivity index (χ3n) is 3.30. The average Bonchev–Trinajstić information content (AvgIpc) is 2.85. The van der Waals surface area contributed by atoms with E-state index < -0.39 is 17.3 Å². The number of nitrogens with two attached hydrogens (primary N) is 2. The van der Waals surface area contributed by atoms with Gasteiger partial charge in [0.2, 0.25) is 5.91 Å². The molecule has 0 aliphatic rings. The van der Waals surface area contributed by atoms with Crippen molar-refractivity contribution in [3.63, 3.8) is 0 Å². The lowest BCUT2D eigenvalue weighted by Gasteiger charge is -2.29. The Morgan fingerprint density at radius 3 is 2.65 bits per heavy atom. The second-order valence-electron chi connectivity index (χ2n) is 4.62. The molecule has 0 radical (unpaired) electrons. The molecule has 0 saturated heterocycles. The molecule has 1 atom stereocenters. The number of nitrogens with one attached hydrogen (secondary N) is 1. The second kappa shape index (κ2) is 7.20. The third-order valence-corrected chi connectivity index (χ3v) is 3.97. The maximum absolute atomic E-state index is 12.3. The number of nitrogen functional groups attached to an aromatic ring is 1. The van der Waals surface area contributed by atoms with Crippen molar-refractivity contribution in [2.24, 2.45) is 5.84 Å². The summed E-state index contributed by atoms with van der Waals surface area (Å²) in [6.07, 6.45) is 2.16. The minimum atomic E-state index is -1.03. The van der Waals surface area contributed by atoms with Crippen molar-refractivity contribution in [1.29, 1.82) is 0 Å². The van der Waals surface area contributed by atoms with Crippen LogP contribution in [-0.2, 0) is 15.0 Å². The number of aromatic nitrogens is 1. The van der Waals surface area contributed by atoms with E-state index in [1.807, 2.05) is 6.92 Å². The van der Waals surface area contributed by atoms with Crippen LogP contribution in [0.1, 0.15) is 44.7 Å². The Bertz CT molecular complexity index is 477. The Balaban J connectivity index is 3.16. The van der Waals surface area contributed by atoms with Crippen molar-refractivity contribution < 1.29 is 14.7 Å². The van der Waals surface area contributed by atoms with Gasteiger partial charge in [0.1, 0.15) is 0 Å². The van der Waals surface area contributed by atoms with E-state index in [0.717, 1.165) is 12.8 Å². The number of unbranched alkanes of at least 4 members (excludes halogenated alkanes) is 1. The summed E-state index contributed by atoms with van der Waals surface area (Å²) in [6, 6.07) is 0. The van der Waals surface area contributed by atoms with Crippen LogP contribution in [0, 0.1) is 0 Å². The lowest BCUT2D eigenvalue weighted by atomic mass is 9.75. The summed E-state index contributed by atoms with van der Waals surface area (Å²) >= 11 is 1.23. The number of hydrogen-bond donors (Lipinski definition) is 4. The fraction of sp³-hybridized carbons (Fsp3) is 0.583. The molecule has 6 N–H and O–H groups in total. The molecule has 7 nitrogen and oxygen atoms in total. The van der Waals surface area contributed by atoms with E-state index in [1.165, 1.54) is 11.3 Å². The molecule has 0 aromatic carbocycles. The first-order valence-corrected chi connectivity index (χ1v) is 7.28. The van der Waals surface area contributed by atoms with Gasteiger partial charge in [-0.15, -0.1) is 11.3 Å². The highest BCUT2D eigenvalue weighted by molar-refractivity contribution is 7.13. The van der Waals surface area contributed by atoms with E-state index in [1.54, 1.807) is 5.38 Å². The minimum absolute atomic E-state index is 0.130. The Morgan fingerprint density at radius 1 is 1.50 bits per heavy atom. The largest absolute Gasteiger partial charge is 0.481 e. The number of anilines is 1. The summed E-state index contributed by atoms with van der Waals surface area (Å²) in [4.78, 5) is 27.3. The molecule has 0 fully saturated rings. The van der Waals surface area contributed by atoms with Gasteiger partial charge in [-0.1, -0.05) is 19.8 Å². The summed E-state index contributed by atoms with van der Waals surface area (Å²) in [5.74, 6) is 3.90. The van der Waals surface area contributed by atoms with Gasteiger partial charge in [-0.25, -0.2) is 10.8 Å². The standard InChI is InChI=1S/C12H20N4O3S/c1-2-3-5-12(10(19)16-14,6-4-9(17)18)8-7-20-11(13)15-8/h7H,2-6,14H2,1H3,(H2,13,15)(H,16,19)(H,17,18)/t12-/m1/s1. The van der Waals surface area contributed by atoms with Gasteiger partial charge in [0.05, 0.1) is 11.1 Å². The van der Waals surface area contributed by atoms with Gasteiger partial charge >= 0.3 is 5.97 Å². The molecule has 1 aromatic rings. The highest BCUT2D eigenvalue weighted by Gasteiger charge is 2.41. The first-order chi connectivity index (χ1) is 9.46. The minimum Gasteiger partial charge on any atom is -0.481 e. The molecule has 1 aromatic heterocycles. The Morgan fingerprint density at radius 2 is 2.20 bits per heavy atom. The zero-order valence-corrected chi connectivity index (χ0v) is 12.2. The maximum Gasteiger partial charge on any atom is 0.303 e. The molecular formula is C12H20N4O3S. The number of nitrogens with zero attached hydrogens (tertiary/aromatic N) is 1. The fourth-order valence-electron chi connectivity index (χ4n) is 2.17. The van der Waals surface area contributed by atoms with Crippen molar-refractivity contribution >= 4 is 28.3 Å². The van der Waals surface area contributed by atoms with Crippen molar-refractivity contribution in [3.05, 3.63) is 11.1 Å². The number of carbonyl (C=O) groups excluding carboxylic acids is 1. The summed E-state index contributed by atoms with van der Waals surface area (Å²) in [7, 11) is 0. The van der Waals surface area contributed by atoms with Crippen molar-refractivity contribution in [1.82, 2.24) is 10.4 Å². The van der Waals surface area contributed by atoms with Gasteiger partial charge in [0, 0.05) is 11.8 Å². The molecule has 0 spiro atoms. The average molecular weight is 300 g/mol. The number of rotatable bonds is 8. The fourth-order valence-corrected chi connectivity index (χ4v) is 2.83. The first kappa shape index (κ1) is 16.4. The molecule has 112 valence electrons. The Labute approximate surface area is 121 Å². The van der Waals surface area contributed by atoms with Crippen LogP contribution < -0.4 is 17.0 Å². The van der Waals surface area contributed by atoms with E-state index in [4.69, 9.17) is 16.7 Å². The Hall–Kier alpha value is -1.67. The summed E-state index contributed by atoms with van der Waals surface area (Å²) in [5.41, 5.74) is 7.24. The molecule has 0 saturated carbocycles. The smallest absolute Gasteiger partial charge is 0.303 e. The second-order valence-corrected chi connectivity index (χ2v) is 5.51. The summed E-state index contributed by atoms with van der Waals surface area (Å²) < 4.78 is 0. The molecule has 0 unspecified atom stereocenters. The van der Waals surface area contributed by atoms with E-state index in [0.29, 0.717) is 17.2 Å². The van der Waals surface area contributed by atoms with Crippen molar-refractivity contribution in [3.8, 4) is 0 Å². The van der Waals surface area contributed by atoms with E-state index in [9.17, 15) is 9.59 Å². The SMILES string of the molecule is CCCC[C@](CCC(=O)O)(C(=O)NN)c1csc(N)n1. The number of hydrogen-bond acceptors (Lipinski definition) is 6. The van der Waals surface area contributed by atoms with Gasteiger partial charge in [-0.3, -0.25) is 15.0 Å². The van der Waals surface area contributed by atoms with Gasteiger partial charge in [-0.05, 0) is 12.8 Å². The first-order valence-electron chi connectivity index (χ1n) is 6.40. The molecule has 20 heavy (non-hydrogen) atoms. The van der Waals surface area contributed by atoms with Gasteiger partial charge < -0.3 is 10.8 Å². The van der Waals surface area contributed by atoms with Crippen LogP contribution >= 0.6 is 11.3 Å². The topological polar surface area (TPSA) is 131 Å². The monoisotopic (exact) mass is 300 g/mol. The molecule has 0 aliphatic carbocycles. The third kappa shape index (κ3) is 3.67. The van der Waals surface area contributed by atoms with Crippen LogP contribution in [-0.4, -0.2) is 22.0 Å². The zero-order valence-electron chi connectivity index (χ0n) is 11.4. The molecule has 1 rings (SSSR count). The van der Waals surface area contributed by atoms with Crippen LogP contribution in [0.5, 0.6) is 0 Å². The molecular weight excluding hydrogens is 280 g/mol. The molecule has 0 aliphatic heterocycles. The number of carboxylic acid groups (broad SMARTS) is 1. The lowest BCUT2D eigenvalue weighted by Crippen LogP contribution is -2.48. The van der Waals surface area contributed by atoms with Crippen LogP contribution in [0.25, 0.3) is 0 Å². The number of carbonyl (C=O) groups is 2. The number of hydrazine groups is 1. The predicted octanol–water partition coefficient (Wildman–Crippen LogP) is 1.01. The van der Waals surface area contributed by atoms with Crippen LogP contribution in [0.3, 0.4) is 0 Å². The van der Waals surface area contributed by atoms with Crippen molar-refractivity contribution in [2.45, 2.75) is 44.4 Å². The predicted molar refractivity (Wildman–Crippen MR) is 76.9 cm³/mol. The number of aliphatic carboxylic acids is 1. The van der Waals surface area contributed by atoms with E-state index in [2.05, 4.69) is 10.4 Å². The molecule has 0 bridgehead atoms. The van der Waals surface area contributed by atoms with E-state index >= 15 is 0 Å². The van der Waals surface area contributed by atoms with Crippen LogP contribution in [0.15, 0.2) is 5.38 Å². The quantitative estimate of drug-likeness (QED) is 0.322. The lowest BCUT2D eigenvalue weighted by molar-refractivity contribution is -0.138. The normalized spacial score (nSPS) is 13.7. The maximum atomic E-state index is 12.3. The number of carboxylic acids is 1. The highest BCUT2D eigenvalue weighted by Crippen LogP contribution is 2.36. The van der Waals surface area contributed by atoms with Crippen LogP contribution in [0.4, 0.5) is 5.13 Å². The molecule has 1 amide bonds. The molecule has 1 heterocycles. The number of amides is 1. The molecule has 8 heteroatoms. The highest BCUT2D eigenvalue weighted by atomic mass is 32.1. The summed E-state index contributed by atoms with van der Waals surface area (Å²) in [6.45, 7) is 2.00. The van der Waals surface area contributed by atoms with Gasteiger partial charge in [-0.2, -0.15) is 0 Å². The van der Waals surface area contributed by atoms with Crippen molar-refractivity contribution in [2.75, 3.05) is 5.73 Å². The van der Waals surface area contributed by atoms with Crippen LogP contribution in [0.2, 0.25) is 0 Å². The Kier molecular flexibility index (Phi) is 5.90. The van der Waals surface area contributed by atoms with Gasteiger partial charge in [0.15, 0.2) is 5.13 Å².